The summed E-state index contributed by atoms with van der Waals surface area (Å²) in [4.78, 5) is 0. The minimum Gasteiger partial charge on any atom is -0.493 e. The summed E-state index contributed by atoms with van der Waals surface area (Å²) in [7, 11) is 0. The number of ether oxygens (including phenoxy) is 1. The van der Waals surface area contributed by atoms with Crippen LogP contribution in [0.15, 0.2) is 18.2 Å². The van der Waals surface area contributed by atoms with Gasteiger partial charge in [0.05, 0.1) is 12.2 Å². The van der Waals surface area contributed by atoms with Crippen LogP contribution in [0.3, 0.4) is 0 Å². The number of rotatable bonds is 3. The molecule has 0 unspecified atom stereocenters. The Morgan fingerprint density at radius 2 is 1.83 bits per heavy atom. The van der Waals surface area contributed by atoms with Crippen LogP contribution in [0.4, 0.5) is 13.2 Å². The molecule has 1 aliphatic rings. The van der Waals surface area contributed by atoms with Gasteiger partial charge in [-0.25, -0.2) is 0 Å². The molecule has 0 radical (unpaired) electrons. The molecule has 18 heavy (non-hydrogen) atoms. The Morgan fingerprint density at radius 3 is 2.44 bits per heavy atom. The molecule has 100 valence electrons. The summed E-state index contributed by atoms with van der Waals surface area (Å²) >= 11 is 0. The molecule has 4 heteroatoms. The van der Waals surface area contributed by atoms with E-state index >= 15 is 0 Å². The lowest BCUT2D eigenvalue weighted by atomic mass is 10.1. The quantitative estimate of drug-likeness (QED) is 0.771. The van der Waals surface area contributed by atoms with Crippen LogP contribution in [-0.4, -0.2) is 6.61 Å². The van der Waals surface area contributed by atoms with E-state index in [1.807, 2.05) is 0 Å². The van der Waals surface area contributed by atoms with Crippen LogP contribution in [0.2, 0.25) is 0 Å². The number of hydrogen-bond donors (Lipinski definition) is 0. The van der Waals surface area contributed by atoms with Crippen molar-refractivity contribution in [2.75, 3.05) is 6.61 Å². The maximum atomic E-state index is 12.6. The first-order valence-corrected chi connectivity index (χ1v) is 6.27. The van der Waals surface area contributed by atoms with E-state index in [1.165, 1.54) is 12.8 Å². The number of benzene rings is 1. The fraction of sp³-hybridized carbons (Fsp3) is 0.571. The Bertz CT molecular complexity index is 406. The monoisotopic (exact) mass is 258 g/mol. The van der Waals surface area contributed by atoms with Gasteiger partial charge in [-0.1, -0.05) is 12.8 Å². The molecule has 1 aromatic rings. The van der Waals surface area contributed by atoms with Crippen LogP contribution in [0.25, 0.3) is 0 Å². The zero-order chi connectivity index (χ0) is 13.2. The first kappa shape index (κ1) is 13.2. The molecule has 1 aromatic carbocycles. The lowest BCUT2D eigenvalue weighted by Crippen LogP contribution is -2.10. The molecule has 1 fully saturated rings. The average molecular weight is 258 g/mol. The molecule has 0 bridgehead atoms. The van der Waals surface area contributed by atoms with E-state index in [0.717, 1.165) is 25.0 Å². The molecule has 1 aliphatic carbocycles. The molecule has 0 heterocycles. The van der Waals surface area contributed by atoms with Gasteiger partial charge < -0.3 is 4.74 Å². The normalized spacial score (nSPS) is 17.1. The number of halogens is 3. The summed E-state index contributed by atoms with van der Waals surface area (Å²) in [5.41, 5.74) is -0.0600. The van der Waals surface area contributed by atoms with Gasteiger partial charge in [0.15, 0.2) is 0 Å². The van der Waals surface area contributed by atoms with E-state index in [4.69, 9.17) is 4.74 Å². The zero-order valence-corrected chi connectivity index (χ0v) is 10.4. The van der Waals surface area contributed by atoms with Crippen LogP contribution < -0.4 is 4.74 Å². The van der Waals surface area contributed by atoms with Gasteiger partial charge in [-0.2, -0.15) is 13.2 Å². The van der Waals surface area contributed by atoms with Gasteiger partial charge in [-0.05, 0) is 49.4 Å². The predicted molar refractivity (Wildman–Crippen MR) is 63.6 cm³/mol. The molecule has 2 rings (SSSR count). The highest BCUT2D eigenvalue weighted by Gasteiger charge is 2.31. The van der Waals surface area contributed by atoms with Gasteiger partial charge in [0, 0.05) is 0 Å². The summed E-state index contributed by atoms with van der Waals surface area (Å²) in [6.45, 7) is 2.18. The second-order valence-corrected chi connectivity index (χ2v) is 4.99. The standard InChI is InChI=1S/C14H17F3O/c1-10-6-12(14(15,16)17)8-13(7-10)18-9-11-4-2-3-5-11/h6-8,11H,2-5,9H2,1H3. The van der Waals surface area contributed by atoms with Crippen LogP contribution >= 0.6 is 0 Å². The number of hydrogen-bond acceptors (Lipinski definition) is 1. The minimum atomic E-state index is -4.31. The van der Waals surface area contributed by atoms with Crippen molar-refractivity contribution in [2.24, 2.45) is 5.92 Å². The lowest BCUT2D eigenvalue weighted by Gasteiger charge is -2.14. The molecule has 0 amide bonds. The second-order valence-electron chi connectivity index (χ2n) is 4.99. The van der Waals surface area contributed by atoms with Crippen molar-refractivity contribution in [1.82, 2.24) is 0 Å². The Hall–Kier alpha value is -1.19. The highest BCUT2D eigenvalue weighted by Crippen LogP contribution is 2.33. The van der Waals surface area contributed by atoms with E-state index in [-0.39, 0.29) is 0 Å². The maximum absolute atomic E-state index is 12.6. The Labute approximate surface area is 105 Å². The largest absolute Gasteiger partial charge is 0.493 e. The van der Waals surface area contributed by atoms with Gasteiger partial charge in [0.2, 0.25) is 0 Å². The molecular weight excluding hydrogens is 241 g/mol. The fourth-order valence-electron chi connectivity index (χ4n) is 2.39. The summed E-state index contributed by atoms with van der Waals surface area (Å²) in [6.07, 6.45) is 0.346. The summed E-state index contributed by atoms with van der Waals surface area (Å²) in [5, 5.41) is 0. The third-order valence-electron chi connectivity index (χ3n) is 3.34. The van der Waals surface area contributed by atoms with Crippen molar-refractivity contribution >= 4 is 0 Å². The molecule has 0 aliphatic heterocycles. The second kappa shape index (κ2) is 5.21. The van der Waals surface area contributed by atoms with Gasteiger partial charge in [0.1, 0.15) is 5.75 Å². The van der Waals surface area contributed by atoms with Crippen molar-refractivity contribution in [3.05, 3.63) is 29.3 Å². The SMILES string of the molecule is Cc1cc(OCC2CCCC2)cc(C(F)(F)F)c1. The molecule has 0 spiro atoms. The van der Waals surface area contributed by atoms with Crippen LogP contribution in [0, 0.1) is 12.8 Å². The van der Waals surface area contributed by atoms with Crippen LogP contribution in [0.1, 0.15) is 36.8 Å². The zero-order valence-electron chi connectivity index (χ0n) is 10.4. The van der Waals surface area contributed by atoms with E-state index < -0.39 is 11.7 Å². The summed E-state index contributed by atoms with van der Waals surface area (Å²) in [5.74, 6) is 0.828. The maximum Gasteiger partial charge on any atom is 0.416 e. The van der Waals surface area contributed by atoms with Gasteiger partial charge in [-0.3, -0.25) is 0 Å². The van der Waals surface area contributed by atoms with Crippen molar-refractivity contribution in [2.45, 2.75) is 38.8 Å². The third-order valence-corrected chi connectivity index (χ3v) is 3.34. The van der Waals surface area contributed by atoms with Crippen molar-refractivity contribution in [3.63, 3.8) is 0 Å². The topological polar surface area (TPSA) is 9.23 Å². The lowest BCUT2D eigenvalue weighted by molar-refractivity contribution is -0.137. The van der Waals surface area contributed by atoms with Gasteiger partial charge in [0.25, 0.3) is 0 Å². The molecule has 0 aromatic heterocycles. The van der Waals surface area contributed by atoms with Gasteiger partial charge >= 0.3 is 6.18 Å². The number of aryl methyl sites for hydroxylation is 1. The number of alkyl halides is 3. The molecule has 0 saturated heterocycles. The van der Waals surface area contributed by atoms with E-state index in [1.54, 1.807) is 13.0 Å². The summed E-state index contributed by atoms with van der Waals surface area (Å²) < 4.78 is 43.4. The summed E-state index contributed by atoms with van der Waals surface area (Å²) in [6, 6.07) is 3.88. The smallest absolute Gasteiger partial charge is 0.416 e. The Balaban J connectivity index is 2.05. The van der Waals surface area contributed by atoms with E-state index in [9.17, 15) is 13.2 Å². The Kier molecular flexibility index (Phi) is 3.83. The predicted octanol–water partition coefficient (Wildman–Crippen LogP) is 4.58. The highest BCUT2D eigenvalue weighted by atomic mass is 19.4. The molecular formula is C14H17F3O. The van der Waals surface area contributed by atoms with Crippen LogP contribution in [0.5, 0.6) is 5.75 Å². The first-order chi connectivity index (χ1) is 8.45. The minimum absolute atomic E-state index is 0.328. The Morgan fingerprint density at radius 1 is 1.17 bits per heavy atom. The average Bonchev–Trinajstić information content (AvgIpc) is 2.77. The molecule has 1 saturated carbocycles. The molecule has 0 N–H and O–H groups in total. The van der Waals surface area contributed by atoms with Crippen molar-refractivity contribution in [1.29, 1.82) is 0 Å². The third kappa shape index (κ3) is 3.40. The van der Waals surface area contributed by atoms with Gasteiger partial charge in [-0.15, -0.1) is 0 Å². The van der Waals surface area contributed by atoms with Crippen molar-refractivity contribution in [3.8, 4) is 5.75 Å². The fourth-order valence-corrected chi connectivity index (χ4v) is 2.39. The van der Waals surface area contributed by atoms with E-state index in [2.05, 4.69) is 0 Å². The van der Waals surface area contributed by atoms with Crippen LogP contribution in [-0.2, 0) is 6.18 Å². The highest BCUT2D eigenvalue weighted by molar-refractivity contribution is 5.35. The van der Waals surface area contributed by atoms with Crippen molar-refractivity contribution < 1.29 is 17.9 Å². The van der Waals surface area contributed by atoms with E-state index in [0.29, 0.717) is 23.8 Å². The first-order valence-electron chi connectivity index (χ1n) is 6.27. The molecule has 0 atom stereocenters. The molecule has 1 nitrogen and oxygen atoms in total.